The van der Waals surface area contributed by atoms with Crippen LogP contribution in [0.3, 0.4) is 0 Å². The van der Waals surface area contributed by atoms with Crippen molar-refractivity contribution in [2.24, 2.45) is 17.8 Å². The van der Waals surface area contributed by atoms with Crippen molar-refractivity contribution in [3.63, 3.8) is 0 Å². The summed E-state index contributed by atoms with van der Waals surface area (Å²) in [6, 6.07) is 6.49. The van der Waals surface area contributed by atoms with E-state index < -0.39 is 0 Å². The lowest BCUT2D eigenvalue weighted by Crippen LogP contribution is -2.26. The highest BCUT2D eigenvalue weighted by Gasteiger charge is 2.38. The second-order valence-electron chi connectivity index (χ2n) is 5.81. The molecule has 3 unspecified atom stereocenters. The summed E-state index contributed by atoms with van der Waals surface area (Å²) < 4.78 is 2.26. The van der Waals surface area contributed by atoms with Gasteiger partial charge in [-0.2, -0.15) is 0 Å². The minimum atomic E-state index is 0.947. The summed E-state index contributed by atoms with van der Waals surface area (Å²) in [5.41, 5.74) is 1.35. The van der Waals surface area contributed by atoms with Gasteiger partial charge in [-0.15, -0.1) is 0 Å². The monoisotopic (exact) mass is 371 g/mol. The lowest BCUT2D eigenvalue weighted by molar-refractivity contribution is 0.318. The van der Waals surface area contributed by atoms with E-state index in [0.29, 0.717) is 0 Å². The Morgan fingerprint density at radius 1 is 1.11 bits per heavy atom. The fraction of sp³-hybridized carbons (Fsp3) is 0.600. The normalized spacial score (nSPS) is 30.0. The molecule has 1 nitrogen and oxygen atoms in total. The molecular weight excluding hydrogens is 354 g/mol. The Morgan fingerprint density at radius 3 is 2.67 bits per heavy atom. The lowest BCUT2D eigenvalue weighted by atomic mass is 9.89. The van der Waals surface area contributed by atoms with Gasteiger partial charge in [0.15, 0.2) is 0 Å². The summed E-state index contributed by atoms with van der Waals surface area (Å²) in [4.78, 5) is 0. The van der Waals surface area contributed by atoms with Gasteiger partial charge in [0.05, 0.1) is 0 Å². The van der Waals surface area contributed by atoms with Crippen LogP contribution in [0.2, 0.25) is 0 Å². The number of fused-ring (bicyclic) bond motifs is 2. The number of hydrogen-bond donors (Lipinski definition) is 1. The Labute approximate surface area is 126 Å². The third kappa shape index (κ3) is 2.83. The predicted molar refractivity (Wildman–Crippen MR) is 82.5 cm³/mol. The van der Waals surface area contributed by atoms with Crippen molar-refractivity contribution in [3.05, 3.63) is 32.7 Å². The first kappa shape index (κ1) is 13.1. The maximum absolute atomic E-state index is 3.64. The first-order valence-corrected chi connectivity index (χ1v) is 8.45. The van der Waals surface area contributed by atoms with E-state index in [0.717, 1.165) is 33.2 Å². The highest BCUT2D eigenvalue weighted by Crippen LogP contribution is 2.47. The number of benzene rings is 1. The minimum absolute atomic E-state index is 0.947. The maximum Gasteiger partial charge on any atom is 0.0320 e. The van der Waals surface area contributed by atoms with Crippen LogP contribution >= 0.6 is 31.9 Å². The highest BCUT2D eigenvalue weighted by molar-refractivity contribution is 9.13. The summed E-state index contributed by atoms with van der Waals surface area (Å²) >= 11 is 7.06. The highest BCUT2D eigenvalue weighted by atomic mass is 79.9. The van der Waals surface area contributed by atoms with Crippen LogP contribution in [0.4, 0.5) is 0 Å². The van der Waals surface area contributed by atoms with Gasteiger partial charge >= 0.3 is 0 Å². The number of hydrogen-bond acceptors (Lipinski definition) is 1. The molecule has 0 aromatic heterocycles. The zero-order valence-electron chi connectivity index (χ0n) is 10.5. The van der Waals surface area contributed by atoms with Crippen LogP contribution in [0.1, 0.15) is 31.2 Å². The molecule has 2 bridgehead atoms. The molecule has 2 aliphatic carbocycles. The average molecular weight is 373 g/mol. The minimum Gasteiger partial charge on any atom is -0.312 e. The van der Waals surface area contributed by atoms with E-state index in [1.54, 1.807) is 0 Å². The molecule has 0 amide bonds. The van der Waals surface area contributed by atoms with Crippen molar-refractivity contribution in [3.8, 4) is 0 Å². The summed E-state index contributed by atoms with van der Waals surface area (Å²) in [6.07, 6.45) is 5.97. The van der Waals surface area contributed by atoms with Crippen LogP contribution in [0, 0.1) is 17.8 Å². The van der Waals surface area contributed by atoms with E-state index in [1.807, 2.05) is 0 Å². The summed E-state index contributed by atoms with van der Waals surface area (Å²) in [5, 5.41) is 3.64. The molecule has 1 N–H and O–H groups in total. The van der Waals surface area contributed by atoms with Crippen LogP contribution in [0.25, 0.3) is 0 Å². The second kappa shape index (κ2) is 5.64. The Kier molecular flexibility index (Phi) is 4.12. The van der Waals surface area contributed by atoms with Crippen LogP contribution in [-0.4, -0.2) is 6.54 Å². The first-order valence-electron chi connectivity index (χ1n) is 6.87. The Bertz CT molecular complexity index is 433. The molecule has 1 aromatic carbocycles. The largest absolute Gasteiger partial charge is 0.312 e. The molecule has 2 saturated carbocycles. The summed E-state index contributed by atoms with van der Waals surface area (Å²) in [7, 11) is 0. The lowest BCUT2D eigenvalue weighted by Gasteiger charge is -2.22. The zero-order chi connectivity index (χ0) is 12.5. The molecule has 98 valence electrons. The number of rotatable bonds is 4. The van der Waals surface area contributed by atoms with E-state index in [-0.39, 0.29) is 0 Å². The molecular formula is C15H19Br2N. The molecule has 3 atom stereocenters. The van der Waals surface area contributed by atoms with Crippen molar-refractivity contribution in [2.45, 2.75) is 32.2 Å². The molecule has 0 spiro atoms. The van der Waals surface area contributed by atoms with Gasteiger partial charge < -0.3 is 5.32 Å². The van der Waals surface area contributed by atoms with Crippen molar-refractivity contribution in [1.29, 1.82) is 0 Å². The van der Waals surface area contributed by atoms with E-state index in [1.165, 1.54) is 37.8 Å². The SMILES string of the molecule is Brc1ccc(CNCC2CC3CCC2C3)cc1Br. The third-order valence-corrected chi connectivity index (χ3v) is 6.48. The van der Waals surface area contributed by atoms with Crippen LogP contribution in [0.5, 0.6) is 0 Å². The van der Waals surface area contributed by atoms with Gasteiger partial charge in [-0.3, -0.25) is 0 Å². The van der Waals surface area contributed by atoms with Gasteiger partial charge in [0.1, 0.15) is 0 Å². The van der Waals surface area contributed by atoms with Crippen LogP contribution in [-0.2, 0) is 6.54 Å². The Balaban J connectivity index is 1.48. The maximum atomic E-state index is 3.64. The van der Waals surface area contributed by atoms with Crippen LogP contribution < -0.4 is 5.32 Å². The topological polar surface area (TPSA) is 12.0 Å². The van der Waals surface area contributed by atoms with E-state index in [2.05, 4.69) is 55.4 Å². The van der Waals surface area contributed by atoms with Crippen molar-refractivity contribution in [1.82, 2.24) is 5.32 Å². The molecule has 3 rings (SSSR count). The van der Waals surface area contributed by atoms with Crippen molar-refractivity contribution in [2.75, 3.05) is 6.54 Å². The molecule has 0 heterocycles. The van der Waals surface area contributed by atoms with Gasteiger partial charge in [-0.05, 0) is 93.1 Å². The predicted octanol–water partition coefficient (Wildman–Crippen LogP) is 4.74. The van der Waals surface area contributed by atoms with Gasteiger partial charge in [-0.25, -0.2) is 0 Å². The molecule has 2 aliphatic rings. The Hall–Kier alpha value is 0.140. The molecule has 2 fully saturated rings. The molecule has 0 radical (unpaired) electrons. The Morgan fingerprint density at radius 2 is 2.00 bits per heavy atom. The molecule has 0 saturated heterocycles. The molecule has 18 heavy (non-hydrogen) atoms. The molecule has 0 aliphatic heterocycles. The number of nitrogens with one attached hydrogen (secondary N) is 1. The van der Waals surface area contributed by atoms with Crippen molar-refractivity contribution < 1.29 is 0 Å². The fourth-order valence-corrected chi connectivity index (χ4v) is 4.35. The van der Waals surface area contributed by atoms with E-state index >= 15 is 0 Å². The van der Waals surface area contributed by atoms with Gasteiger partial charge in [0.25, 0.3) is 0 Å². The van der Waals surface area contributed by atoms with E-state index in [9.17, 15) is 0 Å². The molecule has 3 heteroatoms. The zero-order valence-corrected chi connectivity index (χ0v) is 13.6. The van der Waals surface area contributed by atoms with Gasteiger partial charge in [0, 0.05) is 15.5 Å². The second-order valence-corrected chi connectivity index (χ2v) is 7.52. The summed E-state index contributed by atoms with van der Waals surface area (Å²) in [5.74, 6) is 3.03. The van der Waals surface area contributed by atoms with Gasteiger partial charge in [0.2, 0.25) is 0 Å². The van der Waals surface area contributed by atoms with E-state index in [4.69, 9.17) is 0 Å². The number of halogens is 2. The quantitative estimate of drug-likeness (QED) is 0.804. The molecule has 1 aromatic rings. The standard InChI is InChI=1S/C15H19Br2N/c16-14-4-2-11(7-15(14)17)8-18-9-13-6-10-1-3-12(13)5-10/h2,4,7,10,12-13,18H,1,3,5-6,8-9H2. The fourth-order valence-electron chi connectivity index (χ4n) is 3.68. The van der Waals surface area contributed by atoms with Crippen LogP contribution in [0.15, 0.2) is 27.1 Å². The first-order chi connectivity index (χ1) is 8.72. The summed E-state index contributed by atoms with van der Waals surface area (Å²) in [6.45, 7) is 2.19. The van der Waals surface area contributed by atoms with Crippen molar-refractivity contribution >= 4 is 31.9 Å². The van der Waals surface area contributed by atoms with Gasteiger partial charge in [-0.1, -0.05) is 12.5 Å². The smallest absolute Gasteiger partial charge is 0.0320 e. The third-order valence-electron chi connectivity index (χ3n) is 4.60. The average Bonchev–Trinajstić information content (AvgIpc) is 2.96.